The van der Waals surface area contributed by atoms with Gasteiger partial charge in [-0.25, -0.2) is 4.98 Å². The number of rotatable bonds is 4. The highest BCUT2D eigenvalue weighted by atomic mass is 16.5. The van der Waals surface area contributed by atoms with E-state index in [1.54, 1.807) is 12.3 Å². The molecule has 0 bridgehead atoms. The number of morpholine rings is 1. The normalized spacial score (nSPS) is 14.9. The third-order valence-electron chi connectivity index (χ3n) is 3.61. The van der Waals surface area contributed by atoms with Gasteiger partial charge in [0.05, 0.1) is 19.8 Å². The molecule has 0 saturated carbocycles. The number of nitrogens with one attached hydrogen (secondary N) is 1. The Bertz CT molecular complexity index is 650. The van der Waals surface area contributed by atoms with Gasteiger partial charge in [0.25, 0.3) is 5.91 Å². The molecule has 7 nitrogen and oxygen atoms in total. The van der Waals surface area contributed by atoms with Crippen LogP contribution < -0.4 is 10.2 Å². The minimum absolute atomic E-state index is 0.225. The van der Waals surface area contributed by atoms with E-state index in [1.807, 2.05) is 13.0 Å². The molecule has 116 valence electrons. The third kappa shape index (κ3) is 3.25. The van der Waals surface area contributed by atoms with Gasteiger partial charge >= 0.3 is 0 Å². The number of nitrogens with zero attached hydrogens (tertiary/aromatic N) is 3. The maximum absolute atomic E-state index is 12.2. The molecule has 0 unspecified atom stereocenters. The van der Waals surface area contributed by atoms with Crippen LogP contribution in [0.1, 0.15) is 21.9 Å². The Hall–Kier alpha value is -2.41. The van der Waals surface area contributed by atoms with Crippen LogP contribution >= 0.6 is 0 Å². The molecule has 22 heavy (non-hydrogen) atoms. The van der Waals surface area contributed by atoms with Crippen LogP contribution in [0, 0.1) is 6.92 Å². The van der Waals surface area contributed by atoms with E-state index in [0.717, 1.165) is 24.5 Å². The number of hydrogen-bond donors (Lipinski definition) is 1. The number of ether oxygens (including phenoxy) is 1. The lowest BCUT2D eigenvalue weighted by atomic mass is 10.2. The number of carbonyl (C=O) groups is 1. The van der Waals surface area contributed by atoms with Crippen LogP contribution in [0.15, 0.2) is 29.1 Å². The average Bonchev–Trinajstić information content (AvgIpc) is 2.99. The van der Waals surface area contributed by atoms with Gasteiger partial charge < -0.3 is 19.4 Å². The molecule has 2 aromatic rings. The molecule has 0 spiro atoms. The van der Waals surface area contributed by atoms with Gasteiger partial charge in [-0.1, -0.05) is 0 Å². The Morgan fingerprint density at radius 2 is 2.18 bits per heavy atom. The molecular formula is C15H18N4O3. The standard InChI is InChI=1S/C15H18N4O3/c1-11-14(18-10-22-11)9-17-15(20)13-8-12(2-3-16-13)19-4-6-21-7-5-19/h2-3,8,10H,4-7,9H2,1H3,(H,17,20). The molecule has 2 aromatic heterocycles. The van der Waals surface area contributed by atoms with Crippen molar-refractivity contribution >= 4 is 11.6 Å². The zero-order valence-electron chi connectivity index (χ0n) is 12.4. The van der Waals surface area contributed by atoms with E-state index < -0.39 is 0 Å². The van der Waals surface area contributed by atoms with E-state index in [4.69, 9.17) is 9.15 Å². The lowest BCUT2D eigenvalue weighted by Gasteiger charge is -2.28. The van der Waals surface area contributed by atoms with Crippen molar-refractivity contribution in [3.63, 3.8) is 0 Å². The Labute approximate surface area is 128 Å². The molecule has 1 N–H and O–H groups in total. The largest absolute Gasteiger partial charge is 0.448 e. The summed E-state index contributed by atoms with van der Waals surface area (Å²) in [6, 6.07) is 3.71. The molecule has 1 fully saturated rings. The quantitative estimate of drug-likeness (QED) is 0.912. The first-order valence-corrected chi connectivity index (χ1v) is 7.20. The van der Waals surface area contributed by atoms with Gasteiger partial charge in [0.15, 0.2) is 6.39 Å². The van der Waals surface area contributed by atoms with Crippen molar-refractivity contribution in [2.75, 3.05) is 31.2 Å². The lowest BCUT2D eigenvalue weighted by Crippen LogP contribution is -2.36. The van der Waals surface area contributed by atoms with Crippen molar-refractivity contribution in [1.82, 2.24) is 15.3 Å². The van der Waals surface area contributed by atoms with Crippen LogP contribution in [0.25, 0.3) is 0 Å². The summed E-state index contributed by atoms with van der Waals surface area (Å²) in [6.45, 7) is 5.19. The number of pyridine rings is 1. The number of anilines is 1. The first-order chi connectivity index (χ1) is 10.7. The summed E-state index contributed by atoms with van der Waals surface area (Å²) in [4.78, 5) is 22.6. The van der Waals surface area contributed by atoms with Crippen LogP contribution in [0.4, 0.5) is 5.69 Å². The summed E-state index contributed by atoms with van der Waals surface area (Å²) in [5.74, 6) is 0.479. The molecule has 3 heterocycles. The maximum Gasteiger partial charge on any atom is 0.270 e. The second-order valence-corrected chi connectivity index (χ2v) is 5.04. The molecule has 3 rings (SSSR count). The summed E-state index contributed by atoms with van der Waals surface area (Å²) in [5, 5.41) is 2.81. The molecular weight excluding hydrogens is 284 g/mol. The fourth-order valence-corrected chi connectivity index (χ4v) is 2.31. The Kier molecular flexibility index (Phi) is 4.34. The van der Waals surface area contributed by atoms with Crippen LogP contribution in [0.2, 0.25) is 0 Å². The first-order valence-electron chi connectivity index (χ1n) is 7.20. The van der Waals surface area contributed by atoms with Crippen molar-refractivity contribution < 1.29 is 13.9 Å². The van der Waals surface area contributed by atoms with E-state index in [1.165, 1.54) is 6.39 Å². The van der Waals surface area contributed by atoms with E-state index in [2.05, 4.69) is 20.2 Å². The summed E-state index contributed by atoms with van der Waals surface area (Å²) in [7, 11) is 0. The zero-order chi connectivity index (χ0) is 15.4. The molecule has 1 aliphatic rings. The van der Waals surface area contributed by atoms with Gasteiger partial charge in [-0.05, 0) is 19.1 Å². The minimum atomic E-state index is -0.225. The fraction of sp³-hybridized carbons (Fsp3) is 0.400. The molecule has 0 aromatic carbocycles. The summed E-state index contributed by atoms with van der Waals surface area (Å²) in [6.07, 6.45) is 3.02. The van der Waals surface area contributed by atoms with Crippen molar-refractivity contribution in [1.29, 1.82) is 0 Å². The van der Waals surface area contributed by atoms with Crippen molar-refractivity contribution in [2.45, 2.75) is 13.5 Å². The molecule has 1 aliphatic heterocycles. The predicted molar refractivity (Wildman–Crippen MR) is 79.7 cm³/mol. The predicted octanol–water partition coefficient (Wildman–Crippen LogP) is 1.14. The summed E-state index contributed by atoms with van der Waals surface area (Å²) < 4.78 is 10.4. The smallest absolute Gasteiger partial charge is 0.270 e. The van der Waals surface area contributed by atoms with Gasteiger partial charge in [-0.3, -0.25) is 9.78 Å². The second-order valence-electron chi connectivity index (χ2n) is 5.04. The van der Waals surface area contributed by atoms with E-state index in [-0.39, 0.29) is 5.91 Å². The molecule has 0 atom stereocenters. The van der Waals surface area contributed by atoms with E-state index in [9.17, 15) is 4.79 Å². The maximum atomic E-state index is 12.2. The lowest BCUT2D eigenvalue weighted by molar-refractivity contribution is 0.0945. The number of aromatic nitrogens is 2. The van der Waals surface area contributed by atoms with Crippen LogP contribution in [0.3, 0.4) is 0 Å². The molecule has 7 heteroatoms. The van der Waals surface area contributed by atoms with Crippen LogP contribution in [0.5, 0.6) is 0 Å². The van der Waals surface area contributed by atoms with Crippen molar-refractivity contribution in [3.05, 3.63) is 41.9 Å². The van der Waals surface area contributed by atoms with Crippen LogP contribution in [-0.4, -0.2) is 42.2 Å². The highest BCUT2D eigenvalue weighted by molar-refractivity contribution is 5.93. The number of oxazole rings is 1. The SMILES string of the molecule is Cc1ocnc1CNC(=O)c1cc(N2CCOCC2)ccn1. The van der Waals surface area contributed by atoms with Crippen molar-refractivity contribution in [3.8, 4) is 0 Å². The Morgan fingerprint density at radius 1 is 1.36 bits per heavy atom. The van der Waals surface area contributed by atoms with Gasteiger partial charge in [-0.15, -0.1) is 0 Å². The molecule has 0 radical (unpaired) electrons. The van der Waals surface area contributed by atoms with E-state index >= 15 is 0 Å². The Balaban J connectivity index is 1.66. The van der Waals surface area contributed by atoms with Crippen LogP contribution in [-0.2, 0) is 11.3 Å². The number of aryl methyl sites for hydroxylation is 1. The summed E-state index contributed by atoms with van der Waals surface area (Å²) >= 11 is 0. The topological polar surface area (TPSA) is 80.5 Å². The third-order valence-corrected chi connectivity index (χ3v) is 3.61. The van der Waals surface area contributed by atoms with Gasteiger partial charge in [0, 0.05) is 25.0 Å². The van der Waals surface area contributed by atoms with E-state index in [0.29, 0.717) is 31.2 Å². The highest BCUT2D eigenvalue weighted by Crippen LogP contribution is 2.16. The molecule has 1 saturated heterocycles. The monoisotopic (exact) mass is 302 g/mol. The number of hydrogen-bond acceptors (Lipinski definition) is 6. The number of carbonyl (C=O) groups excluding carboxylic acids is 1. The van der Waals surface area contributed by atoms with Crippen molar-refractivity contribution in [2.24, 2.45) is 0 Å². The fourth-order valence-electron chi connectivity index (χ4n) is 2.31. The summed E-state index contributed by atoms with van der Waals surface area (Å²) in [5.41, 5.74) is 2.10. The van der Waals surface area contributed by atoms with Gasteiger partial charge in [0.1, 0.15) is 17.1 Å². The van der Waals surface area contributed by atoms with Gasteiger partial charge in [0.2, 0.25) is 0 Å². The van der Waals surface area contributed by atoms with Gasteiger partial charge in [-0.2, -0.15) is 0 Å². The molecule has 1 amide bonds. The Morgan fingerprint density at radius 3 is 2.91 bits per heavy atom. The average molecular weight is 302 g/mol. The first kappa shape index (κ1) is 14.5. The molecule has 0 aliphatic carbocycles. The zero-order valence-corrected chi connectivity index (χ0v) is 12.4. The minimum Gasteiger partial charge on any atom is -0.448 e. The number of amides is 1. The second kappa shape index (κ2) is 6.57. The highest BCUT2D eigenvalue weighted by Gasteiger charge is 2.14.